The fraction of sp³-hybridized carbons (Fsp3) is 0.381. The molecule has 1 saturated heterocycles. The smallest absolute Gasteiger partial charge is 0.258 e. The predicted molar refractivity (Wildman–Crippen MR) is 109 cm³/mol. The first kappa shape index (κ1) is 20.6. The van der Waals surface area contributed by atoms with E-state index in [-0.39, 0.29) is 24.3 Å². The summed E-state index contributed by atoms with van der Waals surface area (Å²) in [5.41, 5.74) is 1.13. The molecule has 0 bridgehead atoms. The summed E-state index contributed by atoms with van der Waals surface area (Å²) in [5.74, 6) is 0.0813. The summed E-state index contributed by atoms with van der Waals surface area (Å²) < 4.78 is 25.0. The highest BCUT2D eigenvalue weighted by atomic mass is 79.9. The Kier molecular flexibility index (Phi) is 7.28. The van der Waals surface area contributed by atoms with Gasteiger partial charge in [0.25, 0.3) is 5.91 Å². The number of likely N-dealkylation sites (tertiary alicyclic amines) is 1. The molecule has 2 aromatic carbocycles. The molecule has 0 radical (unpaired) electrons. The lowest BCUT2D eigenvalue weighted by atomic mass is 10.1. The molecule has 5 nitrogen and oxygen atoms in total. The SMILES string of the molecule is COc1ccc(C(CNC(=O)COc2ccc(Br)cc2F)N2CCCC2)cc1. The minimum Gasteiger partial charge on any atom is -0.497 e. The van der Waals surface area contributed by atoms with E-state index < -0.39 is 5.82 Å². The number of carbonyl (C=O) groups excluding carboxylic acids is 1. The predicted octanol–water partition coefficient (Wildman–Crippen LogP) is 3.93. The molecule has 1 N–H and O–H groups in total. The Labute approximate surface area is 172 Å². The lowest BCUT2D eigenvalue weighted by Crippen LogP contribution is -2.38. The highest BCUT2D eigenvalue weighted by Crippen LogP contribution is 2.26. The Morgan fingerprint density at radius 2 is 1.93 bits per heavy atom. The van der Waals surface area contributed by atoms with Crippen LogP contribution in [0.1, 0.15) is 24.4 Å². The number of hydrogen-bond acceptors (Lipinski definition) is 4. The molecule has 1 unspecified atom stereocenters. The van der Waals surface area contributed by atoms with E-state index in [9.17, 15) is 9.18 Å². The van der Waals surface area contributed by atoms with Gasteiger partial charge in [0.15, 0.2) is 18.2 Å². The quantitative estimate of drug-likeness (QED) is 0.661. The molecular weight excluding hydrogens is 427 g/mol. The summed E-state index contributed by atoms with van der Waals surface area (Å²) in [7, 11) is 1.64. The Hall–Kier alpha value is -2.12. The Bertz CT molecular complexity index is 795. The van der Waals surface area contributed by atoms with Gasteiger partial charge in [-0.25, -0.2) is 4.39 Å². The van der Waals surface area contributed by atoms with E-state index in [0.29, 0.717) is 11.0 Å². The summed E-state index contributed by atoms with van der Waals surface area (Å²) in [5, 5.41) is 2.92. The number of carbonyl (C=O) groups is 1. The number of methoxy groups -OCH3 is 1. The molecule has 1 amide bonds. The second-order valence-electron chi connectivity index (χ2n) is 6.70. The molecule has 1 heterocycles. The molecule has 2 aromatic rings. The first-order valence-electron chi connectivity index (χ1n) is 9.29. The zero-order valence-corrected chi connectivity index (χ0v) is 17.4. The number of amides is 1. The van der Waals surface area contributed by atoms with Crippen LogP contribution >= 0.6 is 15.9 Å². The van der Waals surface area contributed by atoms with Gasteiger partial charge in [-0.1, -0.05) is 28.1 Å². The first-order chi connectivity index (χ1) is 13.6. The van der Waals surface area contributed by atoms with E-state index in [4.69, 9.17) is 9.47 Å². The lowest BCUT2D eigenvalue weighted by Gasteiger charge is -2.28. The van der Waals surface area contributed by atoms with Crippen molar-refractivity contribution in [3.05, 3.63) is 58.3 Å². The molecule has 0 aromatic heterocycles. The standard InChI is InChI=1S/C21H24BrFN2O3/c1-27-17-7-4-15(5-8-17)19(25-10-2-3-11-25)13-24-21(26)14-28-20-9-6-16(22)12-18(20)23/h4-9,12,19H,2-3,10-11,13-14H2,1H3,(H,24,26). The van der Waals surface area contributed by atoms with Gasteiger partial charge in [-0.2, -0.15) is 0 Å². The van der Waals surface area contributed by atoms with Gasteiger partial charge < -0.3 is 14.8 Å². The number of benzene rings is 2. The molecule has 1 atom stereocenters. The molecule has 28 heavy (non-hydrogen) atoms. The molecule has 0 aliphatic carbocycles. The normalized spacial score (nSPS) is 15.2. The third-order valence-corrected chi connectivity index (χ3v) is 5.32. The summed E-state index contributed by atoms with van der Waals surface area (Å²) >= 11 is 3.19. The van der Waals surface area contributed by atoms with Gasteiger partial charge in [-0.05, 0) is 61.8 Å². The summed E-state index contributed by atoms with van der Waals surface area (Å²) in [6, 6.07) is 12.5. The second-order valence-corrected chi connectivity index (χ2v) is 7.62. The van der Waals surface area contributed by atoms with Gasteiger partial charge in [-0.3, -0.25) is 9.69 Å². The van der Waals surface area contributed by atoms with Crippen LogP contribution in [0.15, 0.2) is 46.9 Å². The number of rotatable bonds is 8. The monoisotopic (exact) mass is 450 g/mol. The number of hydrogen-bond donors (Lipinski definition) is 1. The van der Waals surface area contributed by atoms with Crippen molar-refractivity contribution in [2.24, 2.45) is 0 Å². The van der Waals surface area contributed by atoms with Crippen molar-refractivity contribution in [1.29, 1.82) is 0 Å². The van der Waals surface area contributed by atoms with Gasteiger partial charge in [0, 0.05) is 11.0 Å². The van der Waals surface area contributed by atoms with Crippen LogP contribution in [0.25, 0.3) is 0 Å². The average Bonchev–Trinajstić information content (AvgIpc) is 3.22. The van der Waals surface area contributed by atoms with E-state index >= 15 is 0 Å². The average molecular weight is 451 g/mol. The molecule has 0 spiro atoms. The van der Waals surface area contributed by atoms with Crippen LogP contribution in [-0.4, -0.2) is 44.2 Å². The summed E-state index contributed by atoms with van der Waals surface area (Å²) in [6.07, 6.45) is 2.32. The van der Waals surface area contributed by atoms with E-state index in [2.05, 4.69) is 26.1 Å². The van der Waals surface area contributed by atoms with Crippen LogP contribution in [0.3, 0.4) is 0 Å². The van der Waals surface area contributed by atoms with Crippen molar-refractivity contribution in [2.45, 2.75) is 18.9 Å². The topological polar surface area (TPSA) is 50.8 Å². The minimum atomic E-state index is -0.504. The second kappa shape index (κ2) is 9.89. The molecule has 1 aliphatic rings. The van der Waals surface area contributed by atoms with Crippen molar-refractivity contribution in [3.8, 4) is 11.5 Å². The summed E-state index contributed by atoms with van der Waals surface area (Å²) in [4.78, 5) is 14.6. The molecular formula is C21H24BrFN2O3. The molecule has 150 valence electrons. The molecule has 1 aliphatic heterocycles. The lowest BCUT2D eigenvalue weighted by molar-refractivity contribution is -0.123. The van der Waals surface area contributed by atoms with Crippen LogP contribution in [0.2, 0.25) is 0 Å². The number of halogens is 2. The van der Waals surface area contributed by atoms with Crippen molar-refractivity contribution in [3.63, 3.8) is 0 Å². The summed E-state index contributed by atoms with van der Waals surface area (Å²) in [6.45, 7) is 2.26. The molecule has 1 fully saturated rings. The van der Waals surface area contributed by atoms with Crippen molar-refractivity contribution >= 4 is 21.8 Å². The Balaban J connectivity index is 1.58. The number of ether oxygens (including phenoxy) is 2. The zero-order valence-electron chi connectivity index (χ0n) is 15.8. The fourth-order valence-corrected chi connectivity index (χ4v) is 3.67. The maximum atomic E-state index is 13.8. The Morgan fingerprint density at radius 1 is 1.21 bits per heavy atom. The largest absolute Gasteiger partial charge is 0.497 e. The van der Waals surface area contributed by atoms with E-state index in [1.807, 2.05) is 24.3 Å². The number of nitrogens with zero attached hydrogens (tertiary/aromatic N) is 1. The highest BCUT2D eigenvalue weighted by Gasteiger charge is 2.24. The minimum absolute atomic E-state index is 0.0598. The van der Waals surface area contributed by atoms with Crippen LogP contribution < -0.4 is 14.8 Å². The maximum Gasteiger partial charge on any atom is 0.258 e. The molecule has 3 rings (SSSR count). The number of nitrogens with one attached hydrogen (secondary N) is 1. The van der Waals surface area contributed by atoms with Gasteiger partial charge in [0.05, 0.1) is 13.2 Å². The third kappa shape index (κ3) is 5.45. The highest BCUT2D eigenvalue weighted by molar-refractivity contribution is 9.10. The van der Waals surface area contributed by atoms with Gasteiger partial charge in [0.2, 0.25) is 0 Å². The molecule has 0 saturated carbocycles. The third-order valence-electron chi connectivity index (χ3n) is 4.83. The van der Waals surface area contributed by atoms with Gasteiger partial charge in [-0.15, -0.1) is 0 Å². The first-order valence-corrected chi connectivity index (χ1v) is 10.1. The van der Waals surface area contributed by atoms with Crippen LogP contribution in [0.5, 0.6) is 11.5 Å². The van der Waals surface area contributed by atoms with Crippen molar-refractivity contribution in [1.82, 2.24) is 10.2 Å². The van der Waals surface area contributed by atoms with Gasteiger partial charge in [0.1, 0.15) is 5.75 Å². The fourth-order valence-electron chi connectivity index (χ4n) is 3.33. The van der Waals surface area contributed by atoms with Crippen LogP contribution in [-0.2, 0) is 4.79 Å². The Morgan fingerprint density at radius 3 is 2.57 bits per heavy atom. The van der Waals surface area contributed by atoms with Crippen LogP contribution in [0.4, 0.5) is 4.39 Å². The molecule has 7 heteroatoms. The van der Waals surface area contributed by atoms with Crippen molar-refractivity contribution in [2.75, 3.05) is 33.4 Å². The van der Waals surface area contributed by atoms with E-state index in [0.717, 1.165) is 37.2 Å². The van der Waals surface area contributed by atoms with Crippen LogP contribution in [0, 0.1) is 5.82 Å². The maximum absolute atomic E-state index is 13.8. The van der Waals surface area contributed by atoms with Gasteiger partial charge >= 0.3 is 0 Å². The van der Waals surface area contributed by atoms with E-state index in [1.54, 1.807) is 13.2 Å². The van der Waals surface area contributed by atoms with Crippen molar-refractivity contribution < 1.29 is 18.7 Å². The zero-order chi connectivity index (χ0) is 19.9. The van der Waals surface area contributed by atoms with E-state index in [1.165, 1.54) is 12.1 Å².